The number of rotatable bonds is 1. The molecule has 0 radical (unpaired) electrons. The number of aromatic carboxylic acids is 1. The van der Waals surface area contributed by atoms with Gasteiger partial charge >= 0.3 is 5.97 Å². The van der Waals surface area contributed by atoms with Crippen LogP contribution in [0.5, 0.6) is 5.75 Å². The van der Waals surface area contributed by atoms with Gasteiger partial charge < -0.3 is 9.84 Å². The first-order valence-corrected chi connectivity index (χ1v) is 8.63. The van der Waals surface area contributed by atoms with Crippen LogP contribution in [-0.2, 0) is 5.41 Å². The average Bonchev–Trinajstić information content (AvgIpc) is 2.51. The zero-order valence-corrected chi connectivity index (χ0v) is 15.8. The molecule has 0 atom stereocenters. The monoisotopic (exact) mass is 349 g/mol. The van der Waals surface area contributed by atoms with Crippen molar-refractivity contribution in [2.75, 3.05) is 0 Å². The van der Waals surface area contributed by atoms with Crippen molar-refractivity contribution in [2.24, 2.45) is 0 Å². The number of ether oxygens (including phenoxy) is 1. The van der Waals surface area contributed by atoms with Crippen molar-refractivity contribution in [3.63, 3.8) is 0 Å². The number of carbonyl (C=O) groups is 1. The summed E-state index contributed by atoms with van der Waals surface area (Å²) in [6.45, 7) is 10.6. The molecule has 0 bridgehead atoms. The van der Waals surface area contributed by atoms with Crippen LogP contribution >= 0.6 is 0 Å². The normalized spacial score (nSPS) is 16.7. The first kappa shape index (κ1) is 18.0. The molecule has 3 rings (SSSR count). The third kappa shape index (κ3) is 3.43. The van der Waals surface area contributed by atoms with Gasteiger partial charge in [0.15, 0.2) is 0 Å². The standard InChI is InChI=1S/C22H23NO3/c1-14-11-19-17(21(2,3)13-22(4,5)26-19)12-15(14)8-9-18-16(20(24)25)7-6-10-23-18/h6-7,10-12H,13H2,1-5H3,(H,24,25). The molecule has 1 aromatic heterocycles. The van der Waals surface area contributed by atoms with E-state index in [2.05, 4.69) is 50.6 Å². The molecular weight excluding hydrogens is 326 g/mol. The number of fused-ring (bicyclic) bond motifs is 1. The van der Waals surface area contributed by atoms with Gasteiger partial charge in [-0.1, -0.05) is 19.8 Å². The van der Waals surface area contributed by atoms with Gasteiger partial charge in [-0.05, 0) is 68.4 Å². The Labute approximate surface area is 154 Å². The molecule has 4 heteroatoms. The maximum Gasteiger partial charge on any atom is 0.338 e. The molecule has 1 aliphatic heterocycles. The minimum Gasteiger partial charge on any atom is -0.488 e. The Morgan fingerprint density at radius 1 is 1.23 bits per heavy atom. The summed E-state index contributed by atoms with van der Waals surface area (Å²) < 4.78 is 6.17. The molecular formula is C22H23NO3. The Morgan fingerprint density at radius 2 is 1.96 bits per heavy atom. The Balaban J connectivity index is 2.07. The number of hydrogen-bond donors (Lipinski definition) is 1. The minimum atomic E-state index is -1.03. The van der Waals surface area contributed by atoms with Crippen LogP contribution in [0.2, 0.25) is 0 Å². The quantitative estimate of drug-likeness (QED) is 0.779. The molecule has 1 aromatic carbocycles. The van der Waals surface area contributed by atoms with Crippen molar-refractivity contribution in [1.29, 1.82) is 0 Å². The van der Waals surface area contributed by atoms with Crippen LogP contribution in [-0.4, -0.2) is 21.7 Å². The van der Waals surface area contributed by atoms with Crippen molar-refractivity contribution >= 4 is 5.97 Å². The van der Waals surface area contributed by atoms with Gasteiger partial charge in [0, 0.05) is 17.3 Å². The van der Waals surface area contributed by atoms with Gasteiger partial charge in [-0.3, -0.25) is 0 Å². The summed E-state index contributed by atoms with van der Waals surface area (Å²) in [5.74, 6) is 5.90. The molecule has 0 spiro atoms. The maximum absolute atomic E-state index is 11.3. The van der Waals surface area contributed by atoms with E-state index in [0.717, 1.165) is 28.9 Å². The van der Waals surface area contributed by atoms with Crippen LogP contribution < -0.4 is 4.74 Å². The van der Waals surface area contributed by atoms with E-state index in [1.807, 2.05) is 13.0 Å². The molecule has 4 nitrogen and oxygen atoms in total. The molecule has 2 aromatic rings. The minimum absolute atomic E-state index is 0.0293. The van der Waals surface area contributed by atoms with Crippen molar-refractivity contribution in [2.45, 2.75) is 52.1 Å². The number of nitrogens with zero attached hydrogens (tertiary/aromatic N) is 1. The zero-order chi connectivity index (χ0) is 19.1. The molecule has 1 aliphatic rings. The fourth-order valence-corrected chi connectivity index (χ4v) is 3.73. The van der Waals surface area contributed by atoms with Gasteiger partial charge in [0.1, 0.15) is 17.0 Å². The van der Waals surface area contributed by atoms with Crippen molar-refractivity contribution < 1.29 is 14.6 Å². The van der Waals surface area contributed by atoms with Crippen LogP contribution in [0.25, 0.3) is 0 Å². The Kier molecular flexibility index (Phi) is 4.28. The lowest BCUT2D eigenvalue weighted by Gasteiger charge is -2.42. The van der Waals surface area contributed by atoms with E-state index in [4.69, 9.17) is 4.74 Å². The second-order valence-corrected chi connectivity index (χ2v) is 8.04. The SMILES string of the molecule is Cc1cc2c(cc1C#Cc1ncccc1C(=O)O)C(C)(C)CC(C)(C)O2. The lowest BCUT2D eigenvalue weighted by molar-refractivity contribution is 0.0533. The first-order chi connectivity index (χ1) is 12.1. The summed E-state index contributed by atoms with van der Waals surface area (Å²) in [6, 6.07) is 7.20. The highest BCUT2D eigenvalue weighted by atomic mass is 16.5. The van der Waals surface area contributed by atoms with E-state index >= 15 is 0 Å². The number of aromatic nitrogens is 1. The Hall–Kier alpha value is -2.80. The number of benzene rings is 1. The predicted molar refractivity (Wildman–Crippen MR) is 101 cm³/mol. The Morgan fingerprint density at radius 3 is 2.65 bits per heavy atom. The van der Waals surface area contributed by atoms with Gasteiger partial charge in [-0.2, -0.15) is 0 Å². The van der Waals surface area contributed by atoms with E-state index in [1.54, 1.807) is 12.3 Å². The molecule has 0 aliphatic carbocycles. The maximum atomic E-state index is 11.3. The van der Waals surface area contributed by atoms with Gasteiger partial charge in [0.05, 0.1) is 5.56 Å². The third-order valence-corrected chi connectivity index (χ3v) is 4.66. The van der Waals surface area contributed by atoms with E-state index < -0.39 is 5.97 Å². The second kappa shape index (κ2) is 6.17. The van der Waals surface area contributed by atoms with Gasteiger partial charge in [-0.25, -0.2) is 9.78 Å². The third-order valence-electron chi connectivity index (χ3n) is 4.66. The highest BCUT2D eigenvalue weighted by Gasteiger charge is 2.39. The van der Waals surface area contributed by atoms with E-state index in [0.29, 0.717) is 0 Å². The molecule has 2 heterocycles. The number of carboxylic acids is 1. The highest BCUT2D eigenvalue weighted by Crippen LogP contribution is 2.45. The summed E-state index contributed by atoms with van der Waals surface area (Å²) in [5.41, 5.74) is 3.14. The summed E-state index contributed by atoms with van der Waals surface area (Å²) in [6.07, 6.45) is 2.46. The van der Waals surface area contributed by atoms with Crippen LogP contribution in [0.3, 0.4) is 0 Å². The fraction of sp³-hybridized carbons (Fsp3) is 0.364. The average molecular weight is 349 g/mol. The molecule has 0 unspecified atom stereocenters. The highest BCUT2D eigenvalue weighted by molar-refractivity contribution is 5.90. The molecule has 0 saturated carbocycles. The number of pyridine rings is 1. The fourth-order valence-electron chi connectivity index (χ4n) is 3.73. The number of aryl methyl sites for hydroxylation is 1. The smallest absolute Gasteiger partial charge is 0.338 e. The lowest BCUT2D eigenvalue weighted by Crippen LogP contribution is -2.41. The first-order valence-electron chi connectivity index (χ1n) is 8.63. The van der Waals surface area contributed by atoms with Gasteiger partial charge in [-0.15, -0.1) is 0 Å². The molecule has 134 valence electrons. The number of carboxylic acid groups (broad SMARTS) is 1. The van der Waals surface area contributed by atoms with Crippen LogP contribution in [0.1, 0.15) is 66.9 Å². The second-order valence-electron chi connectivity index (χ2n) is 8.04. The molecule has 1 N–H and O–H groups in total. The van der Waals surface area contributed by atoms with Crippen LogP contribution in [0, 0.1) is 18.8 Å². The summed E-state index contributed by atoms with van der Waals surface area (Å²) >= 11 is 0. The van der Waals surface area contributed by atoms with Crippen molar-refractivity contribution in [1.82, 2.24) is 4.98 Å². The molecule has 0 saturated heterocycles. The predicted octanol–water partition coefficient (Wildman–Crippen LogP) is 4.33. The zero-order valence-electron chi connectivity index (χ0n) is 15.8. The van der Waals surface area contributed by atoms with Crippen LogP contribution in [0.15, 0.2) is 30.5 Å². The van der Waals surface area contributed by atoms with Crippen molar-refractivity contribution in [3.05, 3.63) is 58.4 Å². The summed E-state index contributed by atoms with van der Waals surface area (Å²) in [4.78, 5) is 15.4. The topological polar surface area (TPSA) is 59.4 Å². The van der Waals surface area contributed by atoms with Gasteiger partial charge in [0.25, 0.3) is 0 Å². The number of hydrogen-bond acceptors (Lipinski definition) is 3. The van der Waals surface area contributed by atoms with E-state index in [1.165, 1.54) is 6.07 Å². The largest absolute Gasteiger partial charge is 0.488 e. The molecule has 0 amide bonds. The van der Waals surface area contributed by atoms with Gasteiger partial charge in [0.2, 0.25) is 0 Å². The summed E-state index contributed by atoms with van der Waals surface area (Å²) in [7, 11) is 0. The lowest BCUT2D eigenvalue weighted by atomic mass is 9.73. The Bertz CT molecular complexity index is 946. The molecule has 26 heavy (non-hydrogen) atoms. The molecule has 0 fully saturated rings. The summed E-state index contributed by atoms with van der Waals surface area (Å²) in [5, 5.41) is 9.27. The van der Waals surface area contributed by atoms with Crippen molar-refractivity contribution in [3.8, 4) is 17.6 Å². The van der Waals surface area contributed by atoms with E-state index in [9.17, 15) is 9.90 Å². The van der Waals surface area contributed by atoms with E-state index in [-0.39, 0.29) is 22.3 Å². The van der Waals surface area contributed by atoms with Crippen LogP contribution in [0.4, 0.5) is 0 Å².